The Morgan fingerprint density at radius 3 is 2.62 bits per heavy atom. The lowest BCUT2D eigenvalue weighted by Gasteiger charge is -2.19. The van der Waals surface area contributed by atoms with Crippen molar-refractivity contribution in [3.8, 4) is 5.69 Å². The van der Waals surface area contributed by atoms with E-state index in [-0.39, 0.29) is 0 Å². The van der Waals surface area contributed by atoms with E-state index in [0.29, 0.717) is 6.42 Å². The molecule has 0 atom stereocenters. The van der Waals surface area contributed by atoms with Gasteiger partial charge in [0, 0.05) is 18.8 Å². The smallest absolute Gasteiger partial charge is 0.0678 e. The molecular weight excluding hydrogens is 200 g/mol. The zero-order chi connectivity index (χ0) is 11.6. The van der Waals surface area contributed by atoms with Gasteiger partial charge in [0.05, 0.1) is 11.3 Å². The second-order valence-electron chi connectivity index (χ2n) is 4.57. The van der Waals surface area contributed by atoms with Gasteiger partial charge in [0.1, 0.15) is 0 Å². The number of nitrogens with zero attached hydrogens (tertiary/aromatic N) is 2. The van der Waals surface area contributed by atoms with Crippen molar-refractivity contribution in [2.45, 2.75) is 25.9 Å². The molecule has 84 valence electrons. The van der Waals surface area contributed by atoms with E-state index in [9.17, 15) is 5.11 Å². The number of rotatable bonds is 3. The molecule has 0 aliphatic carbocycles. The van der Waals surface area contributed by atoms with Crippen LogP contribution in [-0.4, -0.2) is 20.5 Å². The van der Waals surface area contributed by atoms with Crippen LogP contribution in [-0.2, 0) is 6.42 Å². The molecule has 1 aromatic heterocycles. The fourth-order valence-electron chi connectivity index (χ4n) is 1.76. The largest absolute Gasteiger partial charge is 0.390 e. The predicted molar refractivity (Wildman–Crippen MR) is 63.6 cm³/mol. The number of hydrogen-bond donors (Lipinski definition) is 1. The van der Waals surface area contributed by atoms with E-state index in [0.717, 1.165) is 11.3 Å². The molecule has 2 aromatic rings. The zero-order valence-corrected chi connectivity index (χ0v) is 9.59. The maximum Gasteiger partial charge on any atom is 0.0678 e. The Morgan fingerprint density at radius 1 is 1.25 bits per heavy atom. The van der Waals surface area contributed by atoms with Crippen LogP contribution in [0.25, 0.3) is 5.69 Å². The summed E-state index contributed by atoms with van der Waals surface area (Å²) in [6, 6.07) is 9.88. The molecule has 0 saturated heterocycles. The monoisotopic (exact) mass is 216 g/mol. The van der Waals surface area contributed by atoms with Crippen LogP contribution in [0.2, 0.25) is 0 Å². The summed E-state index contributed by atoms with van der Waals surface area (Å²) in [5, 5.41) is 14.1. The number of aliphatic hydroxyl groups is 1. The third-order valence-electron chi connectivity index (χ3n) is 2.37. The summed E-state index contributed by atoms with van der Waals surface area (Å²) in [6.07, 6.45) is 4.27. The summed E-state index contributed by atoms with van der Waals surface area (Å²) in [5.74, 6) is 0. The van der Waals surface area contributed by atoms with Gasteiger partial charge >= 0.3 is 0 Å². The molecule has 16 heavy (non-hydrogen) atoms. The van der Waals surface area contributed by atoms with E-state index in [2.05, 4.69) is 5.10 Å². The summed E-state index contributed by atoms with van der Waals surface area (Å²) >= 11 is 0. The van der Waals surface area contributed by atoms with Crippen LogP contribution in [0.1, 0.15) is 19.4 Å². The van der Waals surface area contributed by atoms with Crippen molar-refractivity contribution in [2.24, 2.45) is 0 Å². The van der Waals surface area contributed by atoms with Crippen LogP contribution in [0.4, 0.5) is 0 Å². The highest BCUT2D eigenvalue weighted by Gasteiger charge is 2.16. The van der Waals surface area contributed by atoms with Gasteiger partial charge in [-0.15, -0.1) is 0 Å². The van der Waals surface area contributed by atoms with Crippen LogP contribution >= 0.6 is 0 Å². The second-order valence-corrected chi connectivity index (χ2v) is 4.57. The molecule has 0 fully saturated rings. The normalized spacial score (nSPS) is 11.7. The van der Waals surface area contributed by atoms with Gasteiger partial charge in [-0.2, -0.15) is 5.10 Å². The van der Waals surface area contributed by atoms with E-state index in [1.165, 1.54) is 0 Å². The molecule has 3 nitrogen and oxygen atoms in total. The molecule has 0 unspecified atom stereocenters. The van der Waals surface area contributed by atoms with E-state index in [1.54, 1.807) is 6.20 Å². The third-order valence-corrected chi connectivity index (χ3v) is 2.37. The highest BCUT2D eigenvalue weighted by atomic mass is 16.3. The first kappa shape index (κ1) is 10.9. The molecule has 3 heteroatoms. The first-order valence-electron chi connectivity index (χ1n) is 5.36. The maximum absolute atomic E-state index is 9.86. The van der Waals surface area contributed by atoms with Gasteiger partial charge in [-0.25, -0.2) is 4.68 Å². The van der Waals surface area contributed by atoms with Gasteiger partial charge in [0.15, 0.2) is 0 Å². The van der Waals surface area contributed by atoms with Crippen molar-refractivity contribution < 1.29 is 5.11 Å². The number of aromatic nitrogens is 2. The number of hydrogen-bond acceptors (Lipinski definition) is 2. The minimum atomic E-state index is -0.705. The average molecular weight is 216 g/mol. The van der Waals surface area contributed by atoms with Crippen molar-refractivity contribution in [1.29, 1.82) is 0 Å². The van der Waals surface area contributed by atoms with Gasteiger partial charge in [0.25, 0.3) is 0 Å². The van der Waals surface area contributed by atoms with Gasteiger partial charge < -0.3 is 5.11 Å². The Hall–Kier alpha value is -1.61. The quantitative estimate of drug-likeness (QED) is 0.854. The van der Waals surface area contributed by atoms with E-state index >= 15 is 0 Å². The molecule has 2 rings (SSSR count). The lowest BCUT2D eigenvalue weighted by atomic mass is 9.97. The average Bonchev–Trinajstić information content (AvgIpc) is 2.69. The fraction of sp³-hybridized carbons (Fsp3) is 0.308. The topological polar surface area (TPSA) is 38.0 Å². The Bertz CT molecular complexity index is 455. The van der Waals surface area contributed by atoms with E-state index in [4.69, 9.17) is 0 Å². The summed E-state index contributed by atoms with van der Waals surface area (Å²) < 4.78 is 1.82. The molecule has 0 aliphatic rings. The SMILES string of the molecule is CC(C)(O)Cc1ccccc1-n1cccn1. The zero-order valence-electron chi connectivity index (χ0n) is 9.59. The first-order valence-corrected chi connectivity index (χ1v) is 5.36. The van der Waals surface area contributed by atoms with Crippen molar-refractivity contribution >= 4 is 0 Å². The summed E-state index contributed by atoms with van der Waals surface area (Å²) in [6.45, 7) is 3.62. The van der Waals surface area contributed by atoms with Crippen molar-refractivity contribution in [3.63, 3.8) is 0 Å². The Kier molecular flexibility index (Phi) is 2.79. The van der Waals surface area contributed by atoms with Crippen LogP contribution in [0.15, 0.2) is 42.7 Å². The third kappa shape index (κ3) is 2.49. The lowest BCUT2D eigenvalue weighted by Crippen LogP contribution is -2.22. The van der Waals surface area contributed by atoms with Crippen molar-refractivity contribution in [2.75, 3.05) is 0 Å². The highest BCUT2D eigenvalue weighted by molar-refractivity contribution is 5.40. The summed E-state index contributed by atoms with van der Waals surface area (Å²) in [7, 11) is 0. The Morgan fingerprint density at radius 2 is 2.00 bits per heavy atom. The molecule has 0 spiro atoms. The lowest BCUT2D eigenvalue weighted by molar-refractivity contribution is 0.0809. The van der Waals surface area contributed by atoms with Crippen LogP contribution in [0.5, 0.6) is 0 Å². The van der Waals surface area contributed by atoms with E-state index < -0.39 is 5.60 Å². The predicted octanol–water partition coefficient (Wildman–Crippen LogP) is 2.19. The molecule has 0 aliphatic heterocycles. The van der Waals surface area contributed by atoms with Crippen LogP contribution < -0.4 is 0 Å². The minimum Gasteiger partial charge on any atom is -0.390 e. The molecule has 1 aromatic carbocycles. The molecule has 0 bridgehead atoms. The standard InChI is InChI=1S/C13H16N2O/c1-13(2,16)10-11-6-3-4-7-12(11)15-9-5-8-14-15/h3-9,16H,10H2,1-2H3. The van der Waals surface area contributed by atoms with Gasteiger partial charge in [-0.1, -0.05) is 18.2 Å². The van der Waals surface area contributed by atoms with Crippen LogP contribution in [0, 0.1) is 0 Å². The molecule has 1 heterocycles. The second kappa shape index (κ2) is 4.10. The summed E-state index contributed by atoms with van der Waals surface area (Å²) in [5.41, 5.74) is 1.41. The number of para-hydroxylation sites is 1. The van der Waals surface area contributed by atoms with Crippen molar-refractivity contribution in [3.05, 3.63) is 48.3 Å². The van der Waals surface area contributed by atoms with Gasteiger partial charge in [-0.3, -0.25) is 0 Å². The highest BCUT2D eigenvalue weighted by Crippen LogP contribution is 2.19. The van der Waals surface area contributed by atoms with Gasteiger partial charge in [-0.05, 0) is 31.5 Å². The Labute approximate surface area is 95.3 Å². The van der Waals surface area contributed by atoms with Crippen molar-refractivity contribution in [1.82, 2.24) is 9.78 Å². The Balaban J connectivity index is 2.39. The molecule has 0 saturated carbocycles. The fourth-order valence-corrected chi connectivity index (χ4v) is 1.76. The van der Waals surface area contributed by atoms with E-state index in [1.807, 2.05) is 55.1 Å². The number of benzene rings is 1. The molecule has 0 radical (unpaired) electrons. The maximum atomic E-state index is 9.86. The molecule has 0 amide bonds. The molecule has 1 N–H and O–H groups in total. The molecular formula is C13H16N2O. The first-order chi connectivity index (χ1) is 7.56. The van der Waals surface area contributed by atoms with Gasteiger partial charge in [0.2, 0.25) is 0 Å². The minimum absolute atomic E-state index is 0.614. The van der Waals surface area contributed by atoms with Crippen LogP contribution in [0.3, 0.4) is 0 Å². The summed E-state index contributed by atoms with van der Waals surface area (Å²) in [4.78, 5) is 0.